The van der Waals surface area contributed by atoms with Crippen LogP contribution >= 0.6 is 0 Å². The van der Waals surface area contributed by atoms with Gasteiger partial charge in [-0.05, 0) is 69.3 Å². The minimum absolute atomic E-state index is 0.262. The third-order valence-corrected chi connectivity index (χ3v) is 9.08. The number of piperidine rings is 1. The van der Waals surface area contributed by atoms with Crippen molar-refractivity contribution in [2.24, 2.45) is 28.0 Å². The van der Waals surface area contributed by atoms with Gasteiger partial charge in [0.25, 0.3) is 5.91 Å². The first-order valence-corrected chi connectivity index (χ1v) is 14.4. The lowest BCUT2D eigenvalue weighted by atomic mass is 9.68. The molecular weight excluding hydrogens is 547 g/mol. The number of nitrogens with two attached hydrogens (primary N) is 1. The van der Waals surface area contributed by atoms with Gasteiger partial charge in [0.15, 0.2) is 0 Å². The Hall–Kier alpha value is -3.73. The fourth-order valence-electron chi connectivity index (χ4n) is 6.74. The first-order valence-electron chi connectivity index (χ1n) is 14.4. The fourth-order valence-corrected chi connectivity index (χ4v) is 6.74. The molecule has 1 saturated carbocycles. The zero-order valence-electron chi connectivity index (χ0n) is 23.5. The van der Waals surface area contributed by atoms with Gasteiger partial charge in [-0.3, -0.25) is 14.4 Å². The maximum atomic E-state index is 14.2. The summed E-state index contributed by atoms with van der Waals surface area (Å²) in [5.74, 6) is -1.88. The SMILES string of the molecule is CN1C(=O)C(NC(=O)C2(C(CC3CCNCC3)C(N)=O)CCCC2)N=C(c2ccc(C(F)(F)F)cc2)c2ccccc21. The number of amides is 3. The lowest BCUT2D eigenvalue weighted by molar-refractivity contribution is -0.143. The molecule has 2 unspecified atom stereocenters. The molecule has 4 N–H and O–H groups in total. The second-order valence-electron chi connectivity index (χ2n) is 11.6. The summed E-state index contributed by atoms with van der Waals surface area (Å²) in [6.07, 6.45) is -1.09. The predicted octanol–water partition coefficient (Wildman–Crippen LogP) is 4.01. The minimum atomic E-state index is -4.50. The number of carbonyl (C=O) groups is 3. The van der Waals surface area contributed by atoms with Crippen LogP contribution < -0.4 is 21.3 Å². The molecule has 2 fully saturated rings. The molecule has 1 saturated heterocycles. The lowest BCUT2D eigenvalue weighted by Gasteiger charge is -2.37. The molecule has 224 valence electrons. The first kappa shape index (κ1) is 29.8. The van der Waals surface area contributed by atoms with Crippen LogP contribution in [0, 0.1) is 17.3 Å². The second-order valence-corrected chi connectivity index (χ2v) is 11.6. The van der Waals surface area contributed by atoms with E-state index in [1.807, 2.05) is 0 Å². The summed E-state index contributed by atoms with van der Waals surface area (Å²) in [5, 5.41) is 6.16. The van der Waals surface area contributed by atoms with Crippen LogP contribution in [0.1, 0.15) is 61.6 Å². The number of aliphatic imine (C=N–C) groups is 1. The molecular formula is C31H36F3N5O3. The van der Waals surface area contributed by atoms with Crippen molar-refractivity contribution in [3.8, 4) is 0 Å². The average Bonchev–Trinajstić information content (AvgIpc) is 3.45. The monoisotopic (exact) mass is 583 g/mol. The molecule has 2 aliphatic heterocycles. The van der Waals surface area contributed by atoms with Gasteiger partial charge in [0.05, 0.1) is 28.3 Å². The Balaban J connectivity index is 1.51. The molecule has 3 aliphatic rings. The van der Waals surface area contributed by atoms with Crippen LogP contribution in [0.25, 0.3) is 0 Å². The highest BCUT2D eigenvalue weighted by Crippen LogP contribution is 2.48. The zero-order chi connectivity index (χ0) is 30.1. The summed E-state index contributed by atoms with van der Waals surface area (Å²) in [5.41, 5.74) is 5.79. The van der Waals surface area contributed by atoms with Gasteiger partial charge in [0.2, 0.25) is 18.0 Å². The third kappa shape index (κ3) is 5.79. The Kier molecular flexibility index (Phi) is 8.41. The molecule has 2 atom stereocenters. The van der Waals surface area contributed by atoms with E-state index in [2.05, 4.69) is 15.6 Å². The smallest absolute Gasteiger partial charge is 0.369 e. The molecule has 0 aromatic heterocycles. The van der Waals surface area contributed by atoms with Gasteiger partial charge in [0.1, 0.15) is 0 Å². The molecule has 0 bridgehead atoms. The van der Waals surface area contributed by atoms with Crippen LogP contribution in [0.3, 0.4) is 0 Å². The largest absolute Gasteiger partial charge is 0.416 e. The lowest BCUT2D eigenvalue weighted by Crippen LogP contribution is -2.54. The molecule has 42 heavy (non-hydrogen) atoms. The summed E-state index contributed by atoms with van der Waals surface area (Å²) in [6, 6.07) is 11.5. The average molecular weight is 584 g/mol. The maximum Gasteiger partial charge on any atom is 0.416 e. The van der Waals surface area contributed by atoms with Gasteiger partial charge in [-0.25, -0.2) is 4.99 Å². The van der Waals surface area contributed by atoms with Crippen LogP contribution in [0.15, 0.2) is 53.5 Å². The molecule has 0 radical (unpaired) electrons. The number of nitrogens with one attached hydrogen (secondary N) is 2. The van der Waals surface area contributed by atoms with Gasteiger partial charge in [0, 0.05) is 18.2 Å². The molecule has 1 aliphatic carbocycles. The van der Waals surface area contributed by atoms with E-state index in [1.54, 1.807) is 31.3 Å². The number of halogens is 3. The summed E-state index contributed by atoms with van der Waals surface area (Å²) in [4.78, 5) is 46.8. The van der Waals surface area contributed by atoms with E-state index in [0.29, 0.717) is 36.1 Å². The number of benzene rings is 2. The van der Waals surface area contributed by atoms with Crippen molar-refractivity contribution in [2.75, 3.05) is 25.0 Å². The van der Waals surface area contributed by atoms with Crippen LogP contribution in [0.2, 0.25) is 0 Å². The normalized spacial score (nSPS) is 21.7. The summed E-state index contributed by atoms with van der Waals surface area (Å²) < 4.78 is 39.8. The van der Waals surface area contributed by atoms with Crippen molar-refractivity contribution >= 4 is 29.1 Å². The molecule has 2 aromatic rings. The molecule has 8 nitrogen and oxygen atoms in total. The van der Waals surface area contributed by atoms with Gasteiger partial charge < -0.3 is 21.3 Å². The van der Waals surface area contributed by atoms with E-state index in [9.17, 15) is 27.6 Å². The number of alkyl halides is 3. The summed E-state index contributed by atoms with van der Waals surface area (Å²) in [7, 11) is 1.57. The number of carbonyl (C=O) groups excluding carboxylic acids is 3. The van der Waals surface area contributed by atoms with E-state index in [1.165, 1.54) is 17.0 Å². The molecule has 2 heterocycles. The van der Waals surface area contributed by atoms with Gasteiger partial charge in [-0.15, -0.1) is 0 Å². The van der Waals surface area contributed by atoms with E-state index in [4.69, 9.17) is 5.73 Å². The standard InChI is InChI=1S/C31H36F3N5O3/c1-39-24-7-3-2-6-22(24)25(20-8-10-21(11-9-20)31(32,33)34)37-27(28(39)41)38-29(42)30(14-4-5-15-30)23(26(35)40)18-19-12-16-36-17-13-19/h2-3,6-11,19,23,27,36H,4-5,12-18H2,1H3,(H2,35,40)(H,38,42). The molecule has 2 aromatic carbocycles. The molecule has 0 spiro atoms. The van der Waals surface area contributed by atoms with E-state index < -0.39 is 47.0 Å². The number of likely N-dealkylation sites (N-methyl/N-ethyl adjacent to an activating group) is 1. The van der Waals surface area contributed by atoms with Crippen molar-refractivity contribution in [1.82, 2.24) is 10.6 Å². The first-order chi connectivity index (χ1) is 20.0. The van der Waals surface area contributed by atoms with Gasteiger partial charge >= 0.3 is 6.18 Å². The van der Waals surface area contributed by atoms with Gasteiger partial charge in [-0.2, -0.15) is 13.2 Å². The predicted molar refractivity (Wildman–Crippen MR) is 153 cm³/mol. The second kappa shape index (κ2) is 11.9. The third-order valence-electron chi connectivity index (χ3n) is 9.08. The number of hydrogen-bond acceptors (Lipinski definition) is 5. The van der Waals surface area contributed by atoms with Crippen molar-refractivity contribution < 1.29 is 27.6 Å². The van der Waals surface area contributed by atoms with Crippen LogP contribution in [0.5, 0.6) is 0 Å². The highest BCUT2D eigenvalue weighted by molar-refractivity contribution is 6.20. The number of hydrogen-bond donors (Lipinski definition) is 3. The highest BCUT2D eigenvalue weighted by Gasteiger charge is 2.51. The highest BCUT2D eigenvalue weighted by atomic mass is 19.4. The Labute approximate surface area is 242 Å². The quantitative estimate of drug-likeness (QED) is 0.457. The number of para-hydroxylation sites is 1. The summed E-state index contributed by atoms with van der Waals surface area (Å²) >= 11 is 0. The van der Waals surface area contributed by atoms with Crippen molar-refractivity contribution in [2.45, 2.75) is 57.3 Å². The number of fused-ring (bicyclic) bond motifs is 1. The molecule has 11 heteroatoms. The van der Waals surface area contributed by atoms with Crippen molar-refractivity contribution in [3.63, 3.8) is 0 Å². The van der Waals surface area contributed by atoms with Crippen molar-refractivity contribution in [3.05, 3.63) is 65.2 Å². The zero-order valence-corrected chi connectivity index (χ0v) is 23.5. The Morgan fingerprint density at radius 2 is 1.74 bits per heavy atom. The van der Waals surface area contributed by atoms with Gasteiger partial charge in [-0.1, -0.05) is 43.2 Å². The van der Waals surface area contributed by atoms with E-state index in [-0.39, 0.29) is 11.6 Å². The Bertz CT molecular complexity index is 1360. The molecule has 3 amide bonds. The summed E-state index contributed by atoms with van der Waals surface area (Å²) in [6.45, 7) is 1.69. The van der Waals surface area contributed by atoms with Crippen LogP contribution in [0.4, 0.5) is 18.9 Å². The number of anilines is 1. The van der Waals surface area contributed by atoms with E-state index in [0.717, 1.165) is 50.9 Å². The Morgan fingerprint density at radius 1 is 1.10 bits per heavy atom. The maximum absolute atomic E-state index is 14.2. The Morgan fingerprint density at radius 3 is 2.36 bits per heavy atom. The number of primary amides is 1. The number of benzodiazepines with no additional fused rings is 1. The number of nitrogens with zero attached hydrogens (tertiary/aromatic N) is 2. The minimum Gasteiger partial charge on any atom is -0.369 e. The molecule has 5 rings (SSSR count). The van der Waals surface area contributed by atoms with Crippen LogP contribution in [-0.2, 0) is 20.6 Å². The van der Waals surface area contributed by atoms with E-state index >= 15 is 0 Å². The number of rotatable bonds is 7. The van der Waals surface area contributed by atoms with Crippen LogP contribution in [-0.4, -0.2) is 49.7 Å². The fraction of sp³-hybridized carbons (Fsp3) is 0.484. The van der Waals surface area contributed by atoms with Crippen molar-refractivity contribution in [1.29, 1.82) is 0 Å². The topological polar surface area (TPSA) is 117 Å².